The molecule has 0 spiro atoms. The number of aryl methyl sites for hydroxylation is 1. The Morgan fingerprint density at radius 1 is 1.18 bits per heavy atom. The second kappa shape index (κ2) is 10.6. The van der Waals surface area contributed by atoms with Crippen LogP contribution in [0.1, 0.15) is 30.0 Å². The van der Waals surface area contributed by atoms with Gasteiger partial charge in [-0.3, -0.25) is 9.89 Å². The number of fused-ring (bicyclic) bond motifs is 2. The summed E-state index contributed by atoms with van der Waals surface area (Å²) in [7, 11) is 4.12. The maximum absolute atomic E-state index is 13.5. The van der Waals surface area contributed by atoms with Gasteiger partial charge in [-0.15, -0.1) is 0 Å². The van der Waals surface area contributed by atoms with Gasteiger partial charge in [0.1, 0.15) is 13.2 Å². The van der Waals surface area contributed by atoms with Crippen molar-refractivity contribution in [3.63, 3.8) is 0 Å². The summed E-state index contributed by atoms with van der Waals surface area (Å²) in [5, 5.41) is 8.37. The molecule has 5 heterocycles. The summed E-state index contributed by atoms with van der Waals surface area (Å²) < 4.78 is 26.1. The van der Waals surface area contributed by atoms with Crippen LogP contribution in [0.15, 0.2) is 30.7 Å². The number of amides is 1. The Morgan fingerprint density at radius 3 is 2.67 bits per heavy atom. The van der Waals surface area contributed by atoms with Gasteiger partial charge in [0, 0.05) is 44.7 Å². The van der Waals surface area contributed by atoms with Crippen molar-refractivity contribution in [1.82, 2.24) is 30.0 Å². The number of carbonyl (C=O) groups excluding carboxylic acids is 1. The van der Waals surface area contributed by atoms with Crippen LogP contribution in [0.25, 0.3) is 10.9 Å². The summed E-state index contributed by atoms with van der Waals surface area (Å²) >= 11 is 0. The summed E-state index contributed by atoms with van der Waals surface area (Å²) in [6.45, 7) is 8.84. The van der Waals surface area contributed by atoms with Crippen LogP contribution >= 0.6 is 0 Å². The van der Waals surface area contributed by atoms with E-state index in [2.05, 4.69) is 51.5 Å². The van der Waals surface area contributed by atoms with Gasteiger partial charge in [-0.1, -0.05) is 12.6 Å². The molecule has 1 unspecified atom stereocenters. The first-order chi connectivity index (χ1) is 19.3. The lowest BCUT2D eigenvalue weighted by Gasteiger charge is -2.40. The number of rotatable bonds is 6. The molecule has 3 aromatic rings. The van der Waals surface area contributed by atoms with E-state index >= 15 is 0 Å². The van der Waals surface area contributed by atoms with Crippen molar-refractivity contribution in [2.75, 3.05) is 69.8 Å². The van der Waals surface area contributed by atoms with Crippen molar-refractivity contribution in [2.24, 2.45) is 0 Å². The number of halogens is 1. The predicted molar refractivity (Wildman–Crippen MR) is 150 cm³/mol. The van der Waals surface area contributed by atoms with Crippen molar-refractivity contribution in [3.05, 3.63) is 41.9 Å². The minimum absolute atomic E-state index is 0.101. The Hall–Kier alpha value is -3.93. The molecule has 3 aliphatic heterocycles. The monoisotopic (exact) mass is 550 g/mol. The van der Waals surface area contributed by atoms with Gasteiger partial charge in [0.2, 0.25) is 5.75 Å². The largest absolute Gasteiger partial charge is 0.484 e. The number of hydrogen-bond donors (Lipinski definition) is 1. The SMILES string of the molecule is C=C(F)C(=O)N1CCN(c2nc(OC[C@@H]3CCCN3C)nc3c2OCC(c2c(C)ccc4[nH]ncc24)N3C)CC1. The fraction of sp³-hybridized carbons (Fsp3) is 0.500. The van der Waals surface area contributed by atoms with Crippen molar-refractivity contribution >= 4 is 28.4 Å². The Morgan fingerprint density at radius 2 is 1.95 bits per heavy atom. The van der Waals surface area contributed by atoms with E-state index < -0.39 is 11.7 Å². The van der Waals surface area contributed by atoms with E-state index in [9.17, 15) is 9.18 Å². The number of aromatic nitrogens is 4. The van der Waals surface area contributed by atoms with E-state index in [-0.39, 0.29) is 6.04 Å². The molecule has 2 atom stereocenters. The molecule has 3 aliphatic rings. The zero-order valence-electron chi connectivity index (χ0n) is 23.2. The van der Waals surface area contributed by atoms with E-state index in [4.69, 9.17) is 19.4 Å². The normalized spacial score (nSPS) is 21.4. The van der Waals surface area contributed by atoms with Gasteiger partial charge in [-0.2, -0.15) is 15.1 Å². The van der Waals surface area contributed by atoms with Crippen LogP contribution in [0, 0.1) is 6.92 Å². The maximum atomic E-state index is 13.5. The molecule has 212 valence electrons. The minimum atomic E-state index is -0.945. The number of hydrogen-bond acceptors (Lipinski definition) is 9. The lowest BCUT2D eigenvalue weighted by atomic mass is 9.96. The third kappa shape index (κ3) is 4.70. The first-order valence-electron chi connectivity index (χ1n) is 13.7. The molecule has 1 aromatic carbocycles. The topological polar surface area (TPSA) is 103 Å². The molecule has 40 heavy (non-hydrogen) atoms. The number of benzene rings is 1. The highest BCUT2D eigenvalue weighted by atomic mass is 19.1. The number of aromatic amines is 1. The lowest BCUT2D eigenvalue weighted by molar-refractivity contribution is -0.128. The number of piperazine rings is 1. The summed E-state index contributed by atoms with van der Waals surface area (Å²) in [6.07, 6.45) is 4.07. The molecule has 0 bridgehead atoms. The van der Waals surface area contributed by atoms with E-state index in [1.807, 2.05) is 19.3 Å². The highest BCUT2D eigenvalue weighted by molar-refractivity contribution is 5.90. The van der Waals surface area contributed by atoms with Crippen molar-refractivity contribution in [2.45, 2.75) is 31.8 Å². The number of carbonyl (C=O) groups is 1. The molecule has 1 N–H and O–H groups in total. The van der Waals surface area contributed by atoms with E-state index in [1.165, 1.54) is 4.90 Å². The molecule has 2 saturated heterocycles. The Kier molecular flexibility index (Phi) is 6.95. The van der Waals surface area contributed by atoms with Gasteiger partial charge in [-0.25, -0.2) is 4.39 Å². The molecular formula is C28H35FN8O3. The van der Waals surface area contributed by atoms with Gasteiger partial charge in [0.15, 0.2) is 17.5 Å². The Balaban J connectivity index is 1.33. The van der Waals surface area contributed by atoms with E-state index in [0.29, 0.717) is 68.8 Å². The average molecular weight is 551 g/mol. The second-order valence-electron chi connectivity index (χ2n) is 10.8. The first-order valence-corrected chi connectivity index (χ1v) is 13.7. The highest BCUT2D eigenvalue weighted by Crippen LogP contribution is 2.45. The zero-order valence-corrected chi connectivity index (χ0v) is 23.2. The zero-order chi connectivity index (χ0) is 28.0. The molecule has 2 aromatic heterocycles. The summed E-state index contributed by atoms with van der Waals surface area (Å²) in [4.78, 5) is 29.7. The lowest BCUT2D eigenvalue weighted by Crippen LogP contribution is -2.49. The van der Waals surface area contributed by atoms with Crippen LogP contribution in [-0.2, 0) is 4.79 Å². The van der Waals surface area contributed by atoms with Gasteiger partial charge < -0.3 is 29.1 Å². The number of ether oxygens (including phenoxy) is 2. The third-order valence-corrected chi connectivity index (χ3v) is 8.39. The third-order valence-electron chi connectivity index (χ3n) is 8.39. The molecule has 2 fully saturated rings. The Bertz CT molecular complexity index is 1440. The van der Waals surface area contributed by atoms with Gasteiger partial charge in [0.25, 0.3) is 5.91 Å². The average Bonchev–Trinajstić information content (AvgIpc) is 3.60. The second-order valence-corrected chi connectivity index (χ2v) is 10.8. The van der Waals surface area contributed by atoms with Gasteiger partial charge >= 0.3 is 6.01 Å². The molecule has 11 nitrogen and oxygen atoms in total. The van der Waals surface area contributed by atoms with Crippen LogP contribution in [0.4, 0.5) is 16.0 Å². The highest BCUT2D eigenvalue weighted by Gasteiger charge is 2.36. The fourth-order valence-corrected chi connectivity index (χ4v) is 6.00. The molecule has 1 amide bonds. The number of H-pyrrole nitrogens is 1. The molecule has 0 aliphatic carbocycles. The summed E-state index contributed by atoms with van der Waals surface area (Å²) in [5.41, 5.74) is 3.24. The van der Waals surface area contributed by atoms with Gasteiger partial charge in [-0.05, 0) is 50.6 Å². The smallest absolute Gasteiger partial charge is 0.320 e. The standard InChI is InChI=1S/C28H35FN8O3/c1-17-7-8-21-20(14-30-33-21)23(17)22-16-39-24-25(35(22)4)31-28(40-15-19-6-5-9-34(19)3)32-26(24)36-10-12-37(13-11-36)27(38)18(2)29/h7-8,14,19,22H,2,5-6,9-13,15-16H2,1,3-4H3,(H,30,33)/t19-,22?/m0/s1. The summed E-state index contributed by atoms with van der Waals surface area (Å²) in [5.74, 6) is 0.230. The molecular weight excluding hydrogens is 515 g/mol. The number of likely N-dealkylation sites (tertiary alicyclic amines) is 1. The van der Waals surface area contributed by atoms with Crippen LogP contribution in [0.3, 0.4) is 0 Å². The summed E-state index contributed by atoms with van der Waals surface area (Å²) in [6, 6.07) is 4.63. The molecule has 6 rings (SSSR count). The first kappa shape index (κ1) is 26.3. The van der Waals surface area contributed by atoms with Crippen LogP contribution in [0.5, 0.6) is 11.8 Å². The molecule has 0 saturated carbocycles. The number of nitrogens with zero attached hydrogens (tertiary/aromatic N) is 7. The maximum Gasteiger partial charge on any atom is 0.320 e. The van der Waals surface area contributed by atoms with Crippen LogP contribution in [-0.4, -0.2) is 102 Å². The minimum Gasteiger partial charge on any atom is -0.484 e. The van der Waals surface area contributed by atoms with E-state index in [1.54, 1.807) is 0 Å². The van der Waals surface area contributed by atoms with Gasteiger partial charge in [0.05, 0.1) is 17.8 Å². The van der Waals surface area contributed by atoms with Crippen LogP contribution in [0.2, 0.25) is 0 Å². The number of anilines is 2. The van der Waals surface area contributed by atoms with Crippen molar-refractivity contribution < 1.29 is 18.7 Å². The quantitative estimate of drug-likeness (QED) is 0.464. The molecule has 0 radical (unpaired) electrons. The van der Waals surface area contributed by atoms with Crippen molar-refractivity contribution in [3.8, 4) is 11.8 Å². The van der Waals surface area contributed by atoms with Crippen molar-refractivity contribution in [1.29, 1.82) is 0 Å². The van der Waals surface area contributed by atoms with Crippen LogP contribution < -0.4 is 19.3 Å². The number of likely N-dealkylation sites (N-methyl/N-ethyl adjacent to an activating group) is 2. The molecule has 12 heteroatoms. The Labute approximate surface area is 232 Å². The van der Waals surface area contributed by atoms with E-state index in [0.717, 1.165) is 41.4 Å². The fourth-order valence-electron chi connectivity index (χ4n) is 6.00. The number of nitrogens with one attached hydrogen (secondary N) is 1. The predicted octanol–water partition coefficient (Wildman–Crippen LogP) is 2.84.